The maximum absolute atomic E-state index is 13.6. The monoisotopic (exact) mass is 423 g/mol. The lowest BCUT2D eigenvalue weighted by atomic mass is 9.69. The van der Waals surface area contributed by atoms with Crippen molar-refractivity contribution in [1.82, 2.24) is 14.7 Å². The highest BCUT2D eigenvalue weighted by Gasteiger charge is 2.49. The van der Waals surface area contributed by atoms with Crippen LogP contribution in [0.2, 0.25) is 0 Å². The molecular weight excluding hydrogens is 389 g/mol. The van der Waals surface area contributed by atoms with Crippen LogP contribution in [-0.2, 0) is 11.2 Å². The van der Waals surface area contributed by atoms with Crippen LogP contribution in [0.1, 0.15) is 70.6 Å². The Kier molecular flexibility index (Phi) is 6.31. The summed E-state index contributed by atoms with van der Waals surface area (Å²) in [4.78, 5) is 15.8. The van der Waals surface area contributed by atoms with Crippen LogP contribution in [0.5, 0.6) is 0 Å². The maximum Gasteiger partial charge on any atom is 0.226 e. The van der Waals surface area contributed by atoms with E-state index in [-0.39, 0.29) is 17.2 Å². The Hall–Kier alpha value is -2.43. The van der Waals surface area contributed by atoms with E-state index in [2.05, 4.69) is 36.8 Å². The highest BCUT2D eigenvalue weighted by Crippen LogP contribution is 2.53. The highest BCUT2D eigenvalue weighted by molar-refractivity contribution is 5.82. The summed E-state index contributed by atoms with van der Waals surface area (Å²) in [7, 11) is 0. The predicted molar refractivity (Wildman–Crippen MR) is 122 cm³/mol. The standard InChI is InChI=1S/C26H34FN3O/c1-4-6-14-29(15-7-5-2)25(31)23-13-8-20-16-24-19(17-26(20,23)3)18-28-30(24)22-11-9-21(27)10-12-22/h9-12,16,18,23H,4-8,13-15,17H2,1-3H3/t23-,26+/m1/s1. The molecule has 1 aromatic heterocycles. The first-order chi connectivity index (χ1) is 15.0. The Morgan fingerprint density at radius 3 is 2.52 bits per heavy atom. The van der Waals surface area contributed by atoms with Gasteiger partial charge in [-0.25, -0.2) is 9.07 Å². The molecule has 2 aliphatic rings. The summed E-state index contributed by atoms with van der Waals surface area (Å²) in [5, 5.41) is 4.60. The summed E-state index contributed by atoms with van der Waals surface area (Å²) in [5.74, 6) is 0.125. The summed E-state index contributed by atoms with van der Waals surface area (Å²) in [6, 6.07) is 6.45. The van der Waals surface area contributed by atoms with E-state index in [0.717, 1.165) is 69.4 Å². The number of rotatable bonds is 8. The van der Waals surface area contributed by atoms with Crippen LogP contribution in [0.15, 0.2) is 36.0 Å². The van der Waals surface area contributed by atoms with Gasteiger partial charge in [-0.15, -0.1) is 0 Å². The van der Waals surface area contributed by atoms with Gasteiger partial charge >= 0.3 is 0 Å². The van der Waals surface area contributed by atoms with Crippen LogP contribution in [0, 0.1) is 17.2 Å². The second-order valence-electron chi connectivity index (χ2n) is 9.33. The third-order valence-electron chi connectivity index (χ3n) is 7.20. The number of nitrogens with zero attached hydrogens (tertiary/aromatic N) is 3. The number of fused-ring (bicyclic) bond motifs is 2. The second kappa shape index (κ2) is 8.97. The van der Waals surface area contributed by atoms with Crippen LogP contribution in [0.4, 0.5) is 4.39 Å². The lowest BCUT2D eigenvalue weighted by Crippen LogP contribution is -2.43. The van der Waals surface area contributed by atoms with Crippen molar-refractivity contribution in [3.63, 3.8) is 0 Å². The smallest absolute Gasteiger partial charge is 0.226 e. The average Bonchev–Trinajstić information content (AvgIpc) is 3.31. The molecule has 1 aromatic carbocycles. The molecule has 0 N–H and O–H groups in total. The SMILES string of the molecule is CCCCN(CCCC)C(=O)[C@H]1CCC2=Cc3c(cnn3-c3ccc(F)cc3)C[C@@]21C. The average molecular weight is 424 g/mol. The van der Waals surface area contributed by atoms with E-state index in [1.807, 2.05) is 10.9 Å². The van der Waals surface area contributed by atoms with Gasteiger partial charge in [0.05, 0.1) is 17.6 Å². The van der Waals surface area contributed by atoms with E-state index in [0.29, 0.717) is 5.91 Å². The third kappa shape index (κ3) is 4.07. The number of carbonyl (C=O) groups excluding carboxylic acids is 1. The molecule has 1 fully saturated rings. The van der Waals surface area contributed by atoms with Gasteiger partial charge in [-0.3, -0.25) is 4.79 Å². The molecule has 4 rings (SSSR count). The molecule has 0 unspecified atom stereocenters. The van der Waals surface area contributed by atoms with E-state index >= 15 is 0 Å². The molecule has 0 aliphatic heterocycles. The van der Waals surface area contributed by atoms with Crippen molar-refractivity contribution in [2.75, 3.05) is 13.1 Å². The Balaban J connectivity index is 1.60. The van der Waals surface area contributed by atoms with Crippen molar-refractivity contribution >= 4 is 12.0 Å². The van der Waals surface area contributed by atoms with Crippen molar-refractivity contribution in [2.24, 2.45) is 11.3 Å². The van der Waals surface area contributed by atoms with Gasteiger partial charge in [-0.05, 0) is 68.0 Å². The molecule has 1 saturated carbocycles. The summed E-state index contributed by atoms with van der Waals surface area (Å²) >= 11 is 0. The number of hydrogen-bond donors (Lipinski definition) is 0. The molecule has 2 atom stereocenters. The number of carbonyl (C=O) groups is 1. The molecule has 2 aliphatic carbocycles. The number of halogens is 1. The van der Waals surface area contributed by atoms with Gasteiger partial charge in [0, 0.05) is 24.4 Å². The summed E-state index contributed by atoms with van der Waals surface area (Å²) in [5.41, 5.74) is 4.31. The van der Waals surface area contributed by atoms with Gasteiger partial charge in [0.2, 0.25) is 5.91 Å². The van der Waals surface area contributed by atoms with E-state index in [9.17, 15) is 9.18 Å². The van der Waals surface area contributed by atoms with Crippen molar-refractivity contribution < 1.29 is 9.18 Å². The van der Waals surface area contributed by atoms with E-state index in [1.54, 1.807) is 12.1 Å². The fourth-order valence-corrected chi connectivity index (χ4v) is 5.28. The van der Waals surface area contributed by atoms with Crippen LogP contribution in [0.3, 0.4) is 0 Å². The first-order valence-corrected chi connectivity index (χ1v) is 11.8. The van der Waals surface area contributed by atoms with Crippen LogP contribution >= 0.6 is 0 Å². The number of benzene rings is 1. The fraction of sp³-hybridized carbons (Fsp3) is 0.538. The molecule has 1 heterocycles. The normalized spacial score (nSPS) is 22.1. The van der Waals surface area contributed by atoms with Gasteiger partial charge < -0.3 is 4.90 Å². The Morgan fingerprint density at radius 2 is 1.87 bits per heavy atom. The van der Waals surface area contributed by atoms with E-state index in [1.165, 1.54) is 23.3 Å². The van der Waals surface area contributed by atoms with Crippen molar-refractivity contribution in [2.45, 2.75) is 65.7 Å². The molecule has 2 aromatic rings. The largest absolute Gasteiger partial charge is 0.342 e. The van der Waals surface area contributed by atoms with Gasteiger partial charge in [-0.2, -0.15) is 5.10 Å². The van der Waals surface area contributed by atoms with Crippen LogP contribution < -0.4 is 0 Å². The number of aromatic nitrogens is 2. The number of unbranched alkanes of at least 4 members (excludes halogenated alkanes) is 2. The quantitative estimate of drug-likeness (QED) is 0.538. The molecule has 0 bridgehead atoms. The minimum Gasteiger partial charge on any atom is -0.342 e. The lowest BCUT2D eigenvalue weighted by Gasteiger charge is -2.37. The molecule has 4 nitrogen and oxygen atoms in total. The Labute approximate surface area is 185 Å². The molecule has 5 heteroatoms. The predicted octanol–water partition coefficient (Wildman–Crippen LogP) is 5.80. The van der Waals surface area contributed by atoms with Crippen LogP contribution in [0.25, 0.3) is 11.8 Å². The topological polar surface area (TPSA) is 38.1 Å². The number of amides is 1. The molecule has 166 valence electrons. The van der Waals surface area contributed by atoms with Gasteiger partial charge in [0.15, 0.2) is 0 Å². The molecule has 0 saturated heterocycles. The highest BCUT2D eigenvalue weighted by atomic mass is 19.1. The zero-order valence-electron chi connectivity index (χ0n) is 19.0. The molecule has 31 heavy (non-hydrogen) atoms. The van der Waals surface area contributed by atoms with E-state index < -0.39 is 0 Å². The summed E-state index contributed by atoms with van der Waals surface area (Å²) < 4.78 is 15.2. The van der Waals surface area contributed by atoms with Gasteiger partial charge in [0.1, 0.15) is 5.82 Å². The first kappa shape index (κ1) is 21.8. The lowest BCUT2D eigenvalue weighted by molar-refractivity contribution is -0.138. The minimum atomic E-state index is -0.247. The molecule has 0 spiro atoms. The number of allylic oxidation sites excluding steroid dienone is 1. The van der Waals surface area contributed by atoms with Gasteiger partial charge in [-0.1, -0.05) is 39.2 Å². The van der Waals surface area contributed by atoms with Crippen LogP contribution in [-0.4, -0.2) is 33.7 Å². The second-order valence-corrected chi connectivity index (χ2v) is 9.33. The molecular formula is C26H34FN3O. The molecule has 0 radical (unpaired) electrons. The van der Waals surface area contributed by atoms with E-state index in [4.69, 9.17) is 0 Å². The Morgan fingerprint density at radius 1 is 1.19 bits per heavy atom. The van der Waals surface area contributed by atoms with Crippen molar-refractivity contribution in [1.29, 1.82) is 0 Å². The summed E-state index contributed by atoms with van der Waals surface area (Å²) in [6.45, 7) is 8.37. The number of hydrogen-bond acceptors (Lipinski definition) is 2. The molecule has 1 amide bonds. The zero-order chi connectivity index (χ0) is 22.0. The first-order valence-electron chi connectivity index (χ1n) is 11.8. The maximum atomic E-state index is 13.6. The van der Waals surface area contributed by atoms with Crippen molar-refractivity contribution in [3.05, 3.63) is 53.1 Å². The summed E-state index contributed by atoms with van der Waals surface area (Å²) in [6.07, 6.45) is 11.2. The minimum absolute atomic E-state index is 0.0368. The third-order valence-corrected chi connectivity index (χ3v) is 7.20. The Bertz CT molecular complexity index is 954. The fourth-order valence-electron chi connectivity index (χ4n) is 5.28. The zero-order valence-corrected chi connectivity index (χ0v) is 19.0. The van der Waals surface area contributed by atoms with Gasteiger partial charge in [0.25, 0.3) is 0 Å². The van der Waals surface area contributed by atoms with Crippen molar-refractivity contribution in [3.8, 4) is 5.69 Å².